The van der Waals surface area contributed by atoms with Crippen molar-refractivity contribution in [2.75, 3.05) is 13.2 Å². The average Bonchev–Trinajstić information content (AvgIpc) is 3.49. The topological polar surface area (TPSA) is 67.6 Å². The van der Waals surface area contributed by atoms with Crippen molar-refractivity contribution in [2.45, 2.75) is 45.0 Å². The van der Waals surface area contributed by atoms with E-state index in [-0.39, 0.29) is 29.6 Å². The minimum absolute atomic E-state index is 0.0307. The molecule has 0 bridgehead atoms. The Balaban J connectivity index is 1.46. The lowest BCUT2D eigenvalue weighted by molar-refractivity contribution is 0.0853. The molecule has 1 N–H and O–H groups in total. The minimum atomic E-state index is -0.275. The second kappa shape index (κ2) is 10.5. The maximum absolute atomic E-state index is 13.7. The van der Waals surface area contributed by atoms with E-state index in [0.29, 0.717) is 25.5 Å². The predicted octanol–water partition coefficient (Wildman–Crippen LogP) is 4.49. The summed E-state index contributed by atoms with van der Waals surface area (Å²) in [6.45, 7) is 4.20. The van der Waals surface area contributed by atoms with Gasteiger partial charge < -0.3 is 14.5 Å². The number of rotatable bonds is 9. The number of nitrogens with one attached hydrogen (secondary N) is 1. The molecule has 7 heteroatoms. The fourth-order valence-corrected chi connectivity index (χ4v) is 3.91. The maximum Gasteiger partial charge on any atom is 0.273 e. The van der Waals surface area contributed by atoms with Gasteiger partial charge in [-0.05, 0) is 43.0 Å². The van der Waals surface area contributed by atoms with Crippen molar-refractivity contribution >= 4 is 5.91 Å². The number of hydrogen-bond acceptors (Lipinski definition) is 5. The molecule has 4 rings (SSSR count). The van der Waals surface area contributed by atoms with Crippen LogP contribution in [0, 0.1) is 5.82 Å². The molecule has 1 aliphatic rings. The van der Waals surface area contributed by atoms with E-state index < -0.39 is 0 Å². The number of amides is 1. The number of ether oxygens (including phenoxy) is 1. The largest absolute Gasteiger partial charge is 0.447 e. The molecule has 0 unspecified atom stereocenters. The maximum atomic E-state index is 13.7. The smallest absolute Gasteiger partial charge is 0.273 e. The van der Waals surface area contributed by atoms with E-state index >= 15 is 0 Å². The van der Waals surface area contributed by atoms with E-state index in [2.05, 4.69) is 34.3 Å². The van der Waals surface area contributed by atoms with E-state index in [9.17, 15) is 9.18 Å². The quantitative estimate of drug-likeness (QED) is 0.534. The van der Waals surface area contributed by atoms with Crippen LogP contribution in [0.25, 0.3) is 0 Å². The summed E-state index contributed by atoms with van der Waals surface area (Å²) >= 11 is 0. The van der Waals surface area contributed by atoms with Gasteiger partial charge in [-0.25, -0.2) is 9.37 Å². The molecular weight excluding hydrogens is 409 g/mol. The number of aromatic nitrogens is 1. The summed E-state index contributed by atoms with van der Waals surface area (Å²) in [5, 5.41) is 2.86. The van der Waals surface area contributed by atoms with Gasteiger partial charge >= 0.3 is 0 Å². The van der Waals surface area contributed by atoms with Crippen molar-refractivity contribution in [1.29, 1.82) is 0 Å². The Labute approximate surface area is 187 Å². The molecule has 1 saturated heterocycles. The second-order valence-corrected chi connectivity index (χ2v) is 8.09. The van der Waals surface area contributed by atoms with E-state index in [0.717, 1.165) is 30.6 Å². The zero-order valence-corrected chi connectivity index (χ0v) is 18.2. The van der Waals surface area contributed by atoms with Crippen molar-refractivity contribution in [3.05, 3.63) is 89.4 Å². The molecule has 0 spiro atoms. The molecule has 1 amide bonds. The molecule has 0 saturated carbocycles. The van der Waals surface area contributed by atoms with Gasteiger partial charge in [-0.15, -0.1) is 0 Å². The lowest BCUT2D eigenvalue weighted by Crippen LogP contribution is -2.32. The molecule has 168 valence electrons. The Kier molecular flexibility index (Phi) is 7.29. The van der Waals surface area contributed by atoms with Crippen LogP contribution in [-0.4, -0.2) is 35.0 Å². The fourth-order valence-electron chi connectivity index (χ4n) is 3.91. The van der Waals surface area contributed by atoms with Crippen molar-refractivity contribution in [2.24, 2.45) is 0 Å². The van der Waals surface area contributed by atoms with Gasteiger partial charge in [0.05, 0.1) is 12.6 Å². The highest BCUT2D eigenvalue weighted by Crippen LogP contribution is 2.25. The van der Waals surface area contributed by atoms with Gasteiger partial charge in [-0.3, -0.25) is 9.69 Å². The normalized spacial score (nSPS) is 16.9. The summed E-state index contributed by atoms with van der Waals surface area (Å²) in [7, 11) is 0. The summed E-state index contributed by atoms with van der Waals surface area (Å²) < 4.78 is 24.9. The fraction of sp³-hybridized carbons (Fsp3) is 0.360. The second-order valence-electron chi connectivity index (χ2n) is 8.09. The average molecular weight is 438 g/mol. The van der Waals surface area contributed by atoms with Gasteiger partial charge in [0.25, 0.3) is 5.91 Å². The Bertz CT molecular complexity index is 1020. The number of benzene rings is 2. The summed E-state index contributed by atoms with van der Waals surface area (Å²) in [5.74, 6) is -0.106. The van der Waals surface area contributed by atoms with E-state index in [1.165, 1.54) is 18.4 Å². The summed E-state index contributed by atoms with van der Waals surface area (Å²) in [6, 6.07) is 16.7. The first kappa shape index (κ1) is 22.2. The molecule has 1 aromatic heterocycles. The van der Waals surface area contributed by atoms with Crippen molar-refractivity contribution in [3.63, 3.8) is 0 Å². The van der Waals surface area contributed by atoms with Gasteiger partial charge in [-0.1, -0.05) is 42.5 Å². The first-order valence-electron chi connectivity index (χ1n) is 11.0. The Hall–Kier alpha value is -3.03. The number of carbonyl (C=O) groups excluding carboxylic acids is 1. The van der Waals surface area contributed by atoms with Crippen LogP contribution in [0.1, 0.15) is 53.3 Å². The molecule has 1 fully saturated rings. The molecule has 1 aliphatic heterocycles. The first-order chi connectivity index (χ1) is 15.6. The summed E-state index contributed by atoms with van der Waals surface area (Å²) in [5.41, 5.74) is 2.23. The van der Waals surface area contributed by atoms with E-state index in [1.54, 1.807) is 6.07 Å². The third kappa shape index (κ3) is 5.81. The minimum Gasteiger partial charge on any atom is -0.447 e. The van der Waals surface area contributed by atoms with Gasteiger partial charge in [-0.2, -0.15) is 0 Å². The van der Waals surface area contributed by atoms with Crippen LogP contribution in [-0.2, 0) is 17.8 Å². The Morgan fingerprint density at radius 3 is 2.81 bits per heavy atom. The van der Waals surface area contributed by atoms with Crippen LogP contribution in [0.5, 0.6) is 0 Å². The molecule has 6 nitrogen and oxygen atoms in total. The molecule has 2 atom stereocenters. The zero-order chi connectivity index (χ0) is 22.3. The summed E-state index contributed by atoms with van der Waals surface area (Å²) in [6.07, 6.45) is 3.43. The standard InChI is InChI=1S/C25H28FN3O3/c1-18(20-8-3-2-4-9-20)29(15-19-7-5-10-21(26)13-19)16-24-28-23(17-32-24)25(30)27-14-22-11-6-12-31-22/h2-5,7-10,13,17-18,22H,6,11-12,14-16H2,1H3,(H,27,30)/t18-,22+/m1/s1. The highest BCUT2D eigenvalue weighted by molar-refractivity contribution is 5.91. The van der Waals surface area contributed by atoms with E-state index in [1.807, 2.05) is 24.3 Å². The number of nitrogens with zero attached hydrogens (tertiary/aromatic N) is 2. The molecule has 32 heavy (non-hydrogen) atoms. The van der Waals surface area contributed by atoms with Crippen LogP contribution in [0.2, 0.25) is 0 Å². The lowest BCUT2D eigenvalue weighted by atomic mass is 10.1. The highest BCUT2D eigenvalue weighted by Gasteiger charge is 2.22. The predicted molar refractivity (Wildman–Crippen MR) is 118 cm³/mol. The molecule has 0 aliphatic carbocycles. The molecule has 3 aromatic rings. The van der Waals surface area contributed by atoms with Crippen LogP contribution in [0.4, 0.5) is 4.39 Å². The van der Waals surface area contributed by atoms with Crippen molar-refractivity contribution < 1.29 is 18.3 Å². The molecule has 0 radical (unpaired) electrons. The van der Waals surface area contributed by atoms with Gasteiger partial charge in [0.15, 0.2) is 5.69 Å². The SMILES string of the molecule is C[C@H](c1ccccc1)N(Cc1cccc(F)c1)Cc1nc(C(=O)NC[C@@H]2CCCO2)co1. The summed E-state index contributed by atoms with van der Waals surface area (Å²) in [4.78, 5) is 19.0. The first-order valence-corrected chi connectivity index (χ1v) is 11.0. The van der Waals surface area contributed by atoms with Gasteiger partial charge in [0.1, 0.15) is 12.1 Å². The third-order valence-corrected chi connectivity index (χ3v) is 5.74. The molecular formula is C25H28FN3O3. The third-order valence-electron chi connectivity index (χ3n) is 5.74. The number of hydrogen-bond donors (Lipinski definition) is 1. The van der Waals surface area contributed by atoms with Crippen LogP contribution in [0.3, 0.4) is 0 Å². The van der Waals surface area contributed by atoms with Crippen molar-refractivity contribution in [1.82, 2.24) is 15.2 Å². The number of oxazole rings is 1. The van der Waals surface area contributed by atoms with Crippen LogP contribution in [0.15, 0.2) is 65.3 Å². The van der Waals surface area contributed by atoms with Crippen LogP contribution >= 0.6 is 0 Å². The van der Waals surface area contributed by atoms with E-state index in [4.69, 9.17) is 9.15 Å². The number of carbonyl (C=O) groups is 1. The van der Waals surface area contributed by atoms with Crippen molar-refractivity contribution in [3.8, 4) is 0 Å². The van der Waals surface area contributed by atoms with Gasteiger partial charge in [0, 0.05) is 25.7 Å². The molecule has 2 heterocycles. The monoisotopic (exact) mass is 437 g/mol. The zero-order valence-electron chi connectivity index (χ0n) is 18.2. The highest BCUT2D eigenvalue weighted by atomic mass is 19.1. The van der Waals surface area contributed by atoms with Gasteiger partial charge in [0.2, 0.25) is 5.89 Å². The Morgan fingerprint density at radius 1 is 1.22 bits per heavy atom. The Morgan fingerprint density at radius 2 is 2.06 bits per heavy atom. The lowest BCUT2D eigenvalue weighted by Gasteiger charge is -2.28. The van der Waals surface area contributed by atoms with Crippen LogP contribution < -0.4 is 5.32 Å². The molecule has 2 aromatic carbocycles. The number of halogens is 1.